The van der Waals surface area contributed by atoms with Crippen molar-refractivity contribution < 1.29 is 13.9 Å². The first-order valence-corrected chi connectivity index (χ1v) is 10.0. The number of aromatic nitrogens is 1. The fourth-order valence-corrected chi connectivity index (χ4v) is 3.26. The molecule has 168 valence electrons. The smallest absolute Gasteiger partial charge is 0.191 e. The molecular weight excluding hydrogens is 510 g/mol. The third kappa shape index (κ3) is 7.10. The highest BCUT2D eigenvalue weighted by atomic mass is 127. The van der Waals surface area contributed by atoms with Gasteiger partial charge in [0.15, 0.2) is 5.96 Å². The summed E-state index contributed by atoms with van der Waals surface area (Å²) in [7, 11) is 3.40. The first kappa shape index (κ1) is 24.9. The maximum atomic E-state index is 13.3. The molecule has 3 rings (SSSR count). The lowest BCUT2D eigenvalue weighted by Gasteiger charge is -2.15. The van der Waals surface area contributed by atoms with Crippen LogP contribution in [0.25, 0.3) is 10.9 Å². The van der Waals surface area contributed by atoms with Gasteiger partial charge in [0.05, 0.1) is 6.61 Å². The van der Waals surface area contributed by atoms with Crippen molar-refractivity contribution in [3.8, 4) is 5.75 Å². The van der Waals surface area contributed by atoms with Gasteiger partial charge in [-0.2, -0.15) is 0 Å². The largest absolute Gasteiger partial charge is 0.491 e. The SMILES string of the molecule is CN=C(NCCc1c[nH]c2cc(F)ccc12)NCc1ccc(C)cc1OCCOC.I. The van der Waals surface area contributed by atoms with Gasteiger partial charge >= 0.3 is 0 Å². The van der Waals surface area contributed by atoms with Gasteiger partial charge in [0.1, 0.15) is 18.2 Å². The lowest BCUT2D eigenvalue weighted by molar-refractivity contribution is 0.145. The highest BCUT2D eigenvalue weighted by Gasteiger charge is 2.08. The lowest BCUT2D eigenvalue weighted by Crippen LogP contribution is -2.37. The third-order valence-electron chi connectivity index (χ3n) is 4.85. The van der Waals surface area contributed by atoms with E-state index in [1.807, 2.05) is 25.3 Å². The normalized spacial score (nSPS) is 11.3. The average Bonchev–Trinajstić information content (AvgIpc) is 3.13. The second kappa shape index (κ2) is 12.5. The van der Waals surface area contributed by atoms with Crippen LogP contribution in [0.2, 0.25) is 0 Å². The summed E-state index contributed by atoms with van der Waals surface area (Å²) in [6.07, 6.45) is 2.72. The van der Waals surface area contributed by atoms with Crippen LogP contribution in [-0.4, -0.2) is 44.9 Å². The number of aromatic amines is 1. The van der Waals surface area contributed by atoms with E-state index in [1.165, 1.54) is 12.1 Å². The Balaban J connectivity index is 0.00000341. The van der Waals surface area contributed by atoms with Crippen molar-refractivity contribution in [2.45, 2.75) is 19.9 Å². The van der Waals surface area contributed by atoms with Gasteiger partial charge in [0, 0.05) is 49.9 Å². The van der Waals surface area contributed by atoms with Crippen molar-refractivity contribution >= 4 is 40.8 Å². The van der Waals surface area contributed by atoms with Crippen LogP contribution in [0.5, 0.6) is 5.75 Å². The van der Waals surface area contributed by atoms with E-state index in [9.17, 15) is 4.39 Å². The van der Waals surface area contributed by atoms with Crippen LogP contribution in [0.15, 0.2) is 47.6 Å². The Bertz CT molecular complexity index is 1010. The van der Waals surface area contributed by atoms with E-state index in [1.54, 1.807) is 14.2 Å². The molecule has 1 aromatic heterocycles. The molecule has 0 radical (unpaired) electrons. The van der Waals surface area contributed by atoms with E-state index < -0.39 is 0 Å². The molecule has 0 atom stereocenters. The Morgan fingerprint density at radius 3 is 2.71 bits per heavy atom. The molecule has 0 spiro atoms. The predicted octanol–water partition coefficient (Wildman–Crippen LogP) is 4.17. The van der Waals surface area contributed by atoms with Crippen molar-refractivity contribution in [1.29, 1.82) is 0 Å². The highest BCUT2D eigenvalue weighted by Crippen LogP contribution is 2.21. The summed E-state index contributed by atoms with van der Waals surface area (Å²) in [6, 6.07) is 11.0. The molecule has 8 heteroatoms. The van der Waals surface area contributed by atoms with E-state index in [0.29, 0.717) is 32.3 Å². The third-order valence-corrected chi connectivity index (χ3v) is 4.85. The Morgan fingerprint density at radius 1 is 1.10 bits per heavy atom. The summed E-state index contributed by atoms with van der Waals surface area (Å²) in [5, 5.41) is 7.70. The van der Waals surface area contributed by atoms with Crippen molar-refractivity contribution in [2.24, 2.45) is 4.99 Å². The van der Waals surface area contributed by atoms with Gasteiger partial charge in [-0.05, 0) is 48.7 Å². The van der Waals surface area contributed by atoms with Crippen molar-refractivity contribution in [1.82, 2.24) is 15.6 Å². The molecule has 0 aliphatic heterocycles. The van der Waals surface area contributed by atoms with Gasteiger partial charge in [-0.25, -0.2) is 4.39 Å². The average molecular weight is 540 g/mol. The summed E-state index contributed by atoms with van der Waals surface area (Å²) in [5.74, 6) is 1.32. The van der Waals surface area contributed by atoms with E-state index in [-0.39, 0.29) is 29.8 Å². The fraction of sp³-hybridized carbons (Fsp3) is 0.348. The number of benzene rings is 2. The maximum Gasteiger partial charge on any atom is 0.191 e. The number of rotatable bonds is 9. The van der Waals surface area contributed by atoms with Crippen molar-refractivity contribution in [3.05, 3.63) is 65.1 Å². The zero-order chi connectivity index (χ0) is 21.3. The molecule has 0 aliphatic carbocycles. The Hall–Kier alpha value is -2.33. The van der Waals surface area contributed by atoms with Gasteiger partial charge in [-0.1, -0.05) is 12.1 Å². The number of nitrogens with zero attached hydrogens (tertiary/aromatic N) is 1. The number of hydrogen-bond donors (Lipinski definition) is 3. The minimum Gasteiger partial charge on any atom is -0.491 e. The Kier molecular flexibility index (Phi) is 10.1. The first-order valence-electron chi connectivity index (χ1n) is 10.0. The number of hydrogen-bond acceptors (Lipinski definition) is 3. The number of H-pyrrole nitrogens is 1. The van der Waals surface area contributed by atoms with Crippen LogP contribution >= 0.6 is 24.0 Å². The molecule has 3 N–H and O–H groups in total. The summed E-state index contributed by atoms with van der Waals surface area (Å²) in [6.45, 7) is 4.39. The topological polar surface area (TPSA) is 70.7 Å². The van der Waals surface area contributed by atoms with E-state index in [2.05, 4.69) is 32.7 Å². The highest BCUT2D eigenvalue weighted by molar-refractivity contribution is 14.0. The summed E-state index contributed by atoms with van der Waals surface area (Å²) >= 11 is 0. The summed E-state index contributed by atoms with van der Waals surface area (Å²) in [5.41, 5.74) is 4.15. The quantitative estimate of drug-likeness (QED) is 0.165. The van der Waals surface area contributed by atoms with Crippen molar-refractivity contribution in [2.75, 3.05) is 33.9 Å². The van der Waals surface area contributed by atoms with Crippen molar-refractivity contribution in [3.63, 3.8) is 0 Å². The van der Waals surface area contributed by atoms with Gasteiger partial charge in [0.25, 0.3) is 0 Å². The molecule has 0 fully saturated rings. The van der Waals surface area contributed by atoms with Gasteiger partial charge in [0.2, 0.25) is 0 Å². The van der Waals surface area contributed by atoms with Gasteiger partial charge in [-0.15, -0.1) is 24.0 Å². The second-order valence-electron chi connectivity index (χ2n) is 7.06. The van der Waals surface area contributed by atoms with E-state index in [4.69, 9.17) is 9.47 Å². The number of halogens is 2. The zero-order valence-electron chi connectivity index (χ0n) is 18.1. The van der Waals surface area contributed by atoms with E-state index in [0.717, 1.165) is 39.8 Å². The minimum absolute atomic E-state index is 0. The molecule has 2 aromatic carbocycles. The zero-order valence-corrected chi connectivity index (χ0v) is 20.5. The molecule has 3 aromatic rings. The predicted molar refractivity (Wildman–Crippen MR) is 134 cm³/mol. The maximum absolute atomic E-state index is 13.3. The standard InChI is InChI=1S/C23H29FN4O2.HI/c1-16-4-5-18(22(12-16)30-11-10-29-3)15-28-23(25-2)26-9-8-17-14-27-21-13-19(24)6-7-20(17)21;/h4-7,12-14,27H,8-11,15H2,1-3H3,(H2,25,26,28);1H. The minimum atomic E-state index is -0.236. The molecule has 0 saturated heterocycles. The number of nitrogens with one attached hydrogen (secondary N) is 3. The van der Waals surface area contributed by atoms with Crippen LogP contribution in [0, 0.1) is 12.7 Å². The van der Waals surface area contributed by atoms with Crippen LogP contribution in [0.4, 0.5) is 4.39 Å². The Labute approximate surface area is 199 Å². The molecule has 0 saturated carbocycles. The van der Waals surface area contributed by atoms with Gasteiger partial charge in [-0.3, -0.25) is 4.99 Å². The fourth-order valence-electron chi connectivity index (χ4n) is 3.26. The first-order chi connectivity index (χ1) is 14.6. The Morgan fingerprint density at radius 2 is 1.94 bits per heavy atom. The molecular formula is C23H30FIN4O2. The molecule has 0 unspecified atom stereocenters. The lowest BCUT2D eigenvalue weighted by atomic mass is 10.1. The summed E-state index contributed by atoms with van der Waals surface area (Å²) < 4.78 is 24.3. The summed E-state index contributed by atoms with van der Waals surface area (Å²) in [4.78, 5) is 7.42. The number of guanidine groups is 1. The molecule has 6 nitrogen and oxygen atoms in total. The number of ether oxygens (including phenoxy) is 2. The van der Waals surface area contributed by atoms with Crippen LogP contribution in [0.3, 0.4) is 0 Å². The number of methoxy groups -OCH3 is 1. The second-order valence-corrected chi connectivity index (χ2v) is 7.06. The number of aliphatic imine (C=N–C) groups is 1. The molecule has 31 heavy (non-hydrogen) atoms. The number of fused-ring (bicyclic) bond motifs is 1. The molecule has 0 bridgehead atoms. The number of aryl methyl sites for hydroxylation is 1. The van der Waals surface area contributed by atoms with Crippen LogP contribution in [0.1, 0.15) is 16.7 Å². The monoisotopic (exact) mass is 540 g/mol. The molecule has 0 amide bonds. The van der Waals surface area contributed by atoms with Gasteiger partial charge < -0.3 is 25.1 Å². The molecule has 0 aliphatic rings. The van der Waals surface area contributed by atoms with E-state index >= 15 is 0 Å². The van der Waals surface area contributed by atoms with Crippen LogP contribution < -0.4 is 15.4 Å². The molecule has 1 heterocycles. The van der Waals surface area contributed by atoms with Crippen LogP contribution in [-0.2, 0) is 17.7 Å².